The van der Waals surface area contributed by atoms with E-state index in [1.807, 2.05) is 41.3 Å². The lowest BCUT2D eigenvalue weighted by Gasteiger charge is -2.43. The Balaban J connectivity index is 1.80. The van der Waals surface area contributed by atoms with Crippen molar-refractivity contribution < 1.29 is 18.8 Å². The number of Topliss-reactive ketones (excluding diaryl/α,β-unsaturated/α-hetero) is 2. The predicted octanol–water partition coefficient (Wildman–Crippen LogP) is 4.31. The summed E-state index contributed by atoms with van der Waals surface area (Å²) in [6.45, 7) is 0.766. The minimum atomic E-state index is -0.579. The van der Waals surface area contributed by atoms with E-state index >= 15 is 0 Å². The normalized spacial score (nSPS) is 20.3. The molecule has 0 aromatic heterocycles. The van der Waals surface area contributed by atoms with Crippen LogP contribution in [-0.4, -0.2) is 61.0 Å². The van der Waals surface area contributed by atoms with Crippen molar-refractivity contribution in [1.29, 1.82) is 0 Å². The molecule has 0 N–H and O–H groups in total. The monoisotopic (exact) mass is 472 g/mol. The van der Waals surface area contributed by atoms with Gasteiger partial charge in [-0.1, -0.05) is 72.8 Å². The lowest BCUT2D eigenvalue weighted by molar-refractivity contribution is -0.130. The van der Waals surface area contributed by atoms with Crippen molar-refractivity contribution in [2.24, 2.45) is 11.8 Å². The van der Waals surface area contributed by atoms with Gasteiger partial charge in [-0.15, -0.1) is 0 Å². The highest BCUT2D eigenvalue weighted by atomic mass is 19.1. The average molecular weight is 473 g/mol. The Kier molecular flexibility index (Phi) is 7.51. The number of hydrogen-bond donors (Lipinski definition) is 0. The Bertz CT molecular complexity index is 1120. The van der Waals surface area contributed by atoms with E-state index in [1.54, 1.807) is 50.5 Å². The molecule has 1 aliphatic heterocycles. The van der Waals surface area contributed by atoms with Crippen molar-refractivity contribution in [1.82, 2.24) is 9.80 Å². The van der Waals surface area contributed by atoms with E-state index in [-0.39, 0.29) is 29.8 Å². The first kappa shape index (κ1) is 24.5. The van der Waals surface area contributed by atoms with Crippen LogP contribution in [0, 0.1) is 17.7 Å². The molecular weight excluding hydrogens is 443 g/mol. The van der Waals surface area contributed by atoms with Gasteiger partial charge in [0, 0.05) is 56.1 Å². The van der Waals surface area contributed by atoms with Crippen molar-refractivity contribution in [3.63, 3.8) is 0 Å². The third-order valence-electron chi connectivity index (χ3n) is 6.68. The number of likely N-dealkylation sites (tertiary alicyclic amines) is 1. The fourth-order valence-corrected chi connectivity index (χ4v) is 4.87. The summed E-state index contributed by atoms with van der Waals surface area (Å²) in [7, 11) is 3.37. The number of benzene rings is 3. The molecule has 6 heteroatoms. The molecule has 2 atom stereocenters. The number of ketones is 2. The topological polar surface area (TPSA) is 57.7 Å². The van der Waals surface area contributed by atoms with E-state index in [2.05, 4.69) is 0 Å². The molecule has 0 radical (unpaired) electrons. The second-order valence-electron chi connectivity index (χ2n) is 9.23. The maximum Gasteiger partial charge on any atom is 0.236 e. The number of piperidine rings is 1. The second-order valence-corrected chi connectivity index (χ2v) is 9.23. The van der Waals surface area contributed by atoms with Crippen LogP contribution in [-0.2, 0) is 4.79 Å². The van der Waals surface area contributed by atoms with Crippen molar-refractivity contribution in [2.75, 3.05) is 33.7 Å². The van der Waals surface area contributed by atoms with Gasteiger partial charge in [0.1, 0.15) is 5.82 Å². The van der Waals surface area contributed by atoms with E-state index in [0.29, 0.717) is 24.2 Å². The van der Waals surface area contributed by atoms with Gasteiger partial charge in [-0.05, 0) is 17.7 Å². The van der Waals surface area contributed by atoms with Gasteiger partial charge in [0.25, 0.3) is 0 Å². The van der Waals surface area contributed by atoms with Crippen LogP contribution in [0.15, 0.2) is 84.9 Å². The van der Waals surface area contributed by atoms with Crippen LogP contribution < -0.4 is 0 Å². The molecule has 5 nitrogen and oxygen atoms in total. The maximum atomic E-state index is 13.8. The standard InChI is InChI=1S/C29H29FN2O3/c1-31(2)26(33)19-32-17-24(28(34)21-9-5-3-6-10-21)27(20-13-15-23(30)16-14-20)25(18-32)29(35)22-11-7-4-8-12-22/h3-16,24-25,27H,17-19H2,1-2H3. The lowest BCUT2D eigenvalue weighted by atomic mass is 9.68. The van der Waals surface area contributed by atoms with Crippen LogP contribution in [0.4, 0.5) is 4.39 Å². The zero-order valence-corrected chi connectivity index (χ0v) is 19.9. The molecule has 4 rings (SSSR count). The number of nitrogens with zero attached hydrogens (tertiary/aromatic N) is 2. The summed E-state index contributed by atoms with van der Waals surface area (Å²) in [5, 5.41) is 0. The summed E-state index contributed by atoms with van der Waals surface area (Å²) in [4.78, 5) is 43.6. The van der Waals surface area contributed by atoms with Gasteiger partial charge in [0.05, 0.1) is 6.54 Å². The highest BCUT2D eigenvalue weighted by Gasteiger charge is 2.45. The molecule has 1 fully saturated rings. The Hall–Kier alpha value is -3.64. The SMILES string of the molecule is CN(C)C(=O)CN1CC(C(=O)c2ccccc2)C(c2ccc(F)cc2)C(C(=O)c2ccccc2)C1. The Morgan fingerprint density at radius 1 is 0.771 bits per heavy atom. The van der Waals surface area contributed by atoms with Gasteiger partial charge in [0.15, 0.2) is 11.6 Å². The minimum Gasteiger partial charge on any atom is -0.348 e. The third kappa shape index (κ3) is 5.54. The summed E-state index contributed by atoms with van der Waals surface area (Å²) < 4.78 is 13.8. The molecule has 3 aromatic carbocycles. The Morgan fingerprint density at radius 2 is 1.23 bits per heavy atom. The van der Waals surface area contributed by atoms with Crippen LogP contribution in [0.5, 0.6) is 0 Å². The molecule has 0 spiro atoms. The molecule has 1 aliphatic rings. The van der Waals surface area contributed by atoms with Gasteiger partial charge in [-0.25, -0.2) is 4.39 Å². The van der Waals surface area contributed by atoms with Crippen molar-refractivity contribution in [3.05, 3.63) is 107 Å². The number of rotatable bonds is 7. The summed E-state index contributed by atoms with van der Waals surface area (Å²) in [5.74, 6) is -2.27. The van der Waals surface area contributed by atoms with E-state index in [4.69, 9.17) is 0 Å². The largest absolute Gasteiger partial charge is 0.348 e. The maximum absolute atomic E-state index is 13.8. The zero-order chi connectivity index (χ0) is 24.9. The van der Waals surface area contributed by atoms with E-state index in [1.165, 1.54) is 17.0 Å². The Labute approximate surface area is 205 Å². The Morgan fingerprint density at radius 3 is 1.66 bits per heavy atom. The summed E-state index contributed by atoms with van der Waals surface area (Å²) in [5.41, 5.74) is 1.85. The first-order valence-corrected chi connectivity index (χ1v) is 11.7. The molecule has 2 unspecified atom stereocenters. The van der Waals surface area contributed by atoms with Crippen LogP contribution in [0.2, 0.25) is 0 Å². The minimum absolute atomic E-state index is 0.0900. The van der Waals surface area contributed by atoms with Gasteiger partial charge in [0.2, 0.25) is 5.91 Å². The smallest absolute Gasteiger partial charge is 0.236 e. The predicted molar refractivity (Wildman–Crippen MR) is 133 cm³/mol. The highest BCUT2D eigenvalue weighted by Crippen LogP contribution is 2.41. The number of likely N-dealkylation sites (N-methyl/N-ethyl adjacent to an activating group) is 1. The van der Waals surface area contributed by atoms with E-state index < -0.39 is 17.8 Å². The first-order chi connectivity index (χ1) is 16.8. The molecule has 0 aliphatic carbocycles. The summed E-state index contributed by atoms with van der Waals surface area (Å²) >= 11 is 0. The zero-order valence-electron chi connectivity index (χ0n) is 19.9. The fourth-order valence-electron chi connectivity index (χ4n) is 4.87. The van der Waals surface area contributed by atoms with E-state index in [9.17, 15) is 18.8 Å². The summed E-state index contributed by atoms with van der Waals surface area (Å²) in [6, 6.07) is 24.1. The van der Waals surface area contributed by atoms with Crippen LogP contribution in [0.1, 0.15) is 32.2 Å². The fraction of sp³-hybridized carbons (Fsp3) is 0.276. The molecule has 1 amide bonds. The van der Waals surface area contributed by atoms with Crippen LogP contribution in [0.25, 0.3) is 0 Å². The van der Waals surface area contributed by atoms with E-state index in [0.717, 1.165) is 5.56 Å². The quantitative estimate of drug-likeness (QED) is 0.481. The molecule has 0 bridgehead atoms. The lowest BCUT2D eigenvalue weighted by Crippen LogP contribution is -2.52. The van der Waals surface area contributed by atoms with Crippen LogP contribution in [0.3, 0.4) is 0 Å². The van der Waals surface area contributed by atoms with Crippen molar-refractivity contribution >= 4 is 17.5 Å². The molecular formula is C29H29FN2O3. The average Bonchev–Trinajstić information content (AvgIpc) is 2.89. The van der Waals surface area contributed by atoms with Crippen molar-refractivity contribution in [2.45, 2.75) is 5.92 Å². The highest BCUT2D eigenvalue weighted by molar-refractivity contribution is 6.02. The number of halogens is 1. The molecule has 35 heavy (non-hydrogen) atoms. The molecule has 0 saturated carbocycles. The molecule has 1 heterocycles. The first-order valence-electron chi connectivity index (χ1n) is 11.7. The molecule has 3 aromatic rings. The van der Waals surface area contributed by atoms with Gasteiger partial charge in [-0.3, -0.25) is 19.3 Å². The van der Waals surface area contributed by atoms with Crippen molar-refractivity contribution in [3.8, 4) is 0 Å². The molecule has 1 saturated heterocycles. The van der Waals surface area contributed by atoms with Gasteiger partial charge in [-0.2, -0.15) is 0 Å². The summed E-state index contributed by atoms with van der Waals surface area (Å²) in [6.07, 6.45) is 0. The van der Waals surface area contributed by atoms with Gasteiger partial charge >= 0.3 is 0 Å². The number of hydrogen-bond acceptors (Lipinski definition) is 4. The second kappa shape index (κ2) is 10.7. The number of carbonyl (C=O) groups excluding carboxylic acids is 3. The van der Waals surface area contributed by atoms with Crippen LogP contribution >= 0.6 is 0 Å². The van der Waals surface area contributed by atoms with Gasteiger partial charge < -0.3 is 4.90 Å². The number of carbonyl (C=O) groups is 3. The molecule has 180 valence electrons. The third-order valence-corrected chi connectivity index (χ3v) is 6.68. The number of amides is 1.